The molecule has 14 heavy (non-hydrogen) atoms. The standard InChI is InChI=1S/C11H13FN2/c1-7(13)4-8-6-14-11-3-2-9(12)5-10(8)11/h2-3,5-7,14H,4,13H2,1H3/t7-/m0/s1. The summed E-state index contributed by atoms with van der Waals surface area (Å²) in [6.45, 7) is 1.94. The fourth-order valence-corrected chi connectivity index (χ4v) is 1.67. The molecule has 1 heterocycles. The molecular weight excluding hydrogens is 179 g/mol. The van der Waals surface area contributed by atoms with Crippen LogP contribution < -0.4 is 5.73 Å². The first-order valence-corrected chi connectivity index (χ1v) is 4.68. The van der Waals surface area contributed by atoms with E-state index in [9.17, 15) is 4.39 Å². The average molecular weight is 192 g/mol. The van der Waals surface area contributed by atoms with Gasteiger partial charge in [-0.15, -0.1) is 0 Å². The minimum atomic E-state index is -0.206. The highest BCUT2D eigenvalue weighted by Crippen LogP contribution is 2.20. The summed E-state index contributed by atoms with van der Waals surface area (Å²) in [5.41, 5.74) is 7.74. The smallest absolute Gasteiger partial charge is 0.123 e. The van der Waals surface area contributed by atoms with Crippen molar-refractivity contribution in [3.05, 3.63) is 35.8 Å². The summed E-state index contributed by atoms with van der Waals surface area (Å²) < 4.78 is 13.0. The highest BCUT2D eigenvalue weighted by atomic mass is 19.1. The minimum Gasteiger partial charge on any atom is -0.361 e. The lowest BCUT2D eigenvalue weighted by molar-refractivity contribution is 0.629. The third-order valence-corrected chi connectivity index (χ3v) is 2.27. The Labute approximate surface area is 81.9 Å². The molecule has 0 amide bonds. The van der Waals surface area contributed by atoms with Gasteiger partial charge in [0.1, 0.15) is 5.82 Å². The van der Waals surface area contributed by atoms with Gasteiger partial charge in [0, 0.05) is 23.1 Å². The van der Waals surface area contributed by atoms with Gasteiger partial charge in [0.2, 0.25) is 0 Å². The summed E-state index contributed by atoms with van der Waals surface area (Å²) >= 11 is 0. The Morgan fingerprint density at radius 2 is 2.29 bits per heavy atom. The van der Waals surface area contributed by atoms with Gasteiger partial charge < -0.3 is 10.7 Å². The van der Waals surface area contributed by atoms with Crippen LogP contribution in [0.25, 0.3) is 10.9 Å². The molecule has 0 aliphatic rings. The van der Waals surface area contributed by atoms with E-state index in [0.717, 1.165) is 22.9 Å². The highest BCUT2D eigenvalue weighted by Gasteiger charge is 2.06. The lowest BCUT2D eigenvalue weighted by Crippen LogP contribution is -2.17. The molecular formula is C11H13FN2. The largest absolute Gasteiger partial charge is 0.361 e. The number of aromatic amines is 1. The number of rotatable bonds is 2. The van der Waals surface area contributed by atoms with Crippen molar-refractivity contribution in [1.82, 2.24) is 4.98 Å². The summed E-state index contributed by atoms with van der Waals surface area (Å²) in [6, 6.07) is 4.84. The second-order valence-electron chi connectivity index (χ2n) is 3.69. The van der Waals surface area contributed by atoms with Crippen molar-refractivity contribution in [3.8, 4) is 0 Å². The predicted molar refractivity (Wildman–Crippen MR) is 55.6 cm³/mol. The predicted octanol–water partition coefficient (Wildman–Crippen LogP) is 2.20. The topological polar surface area (TPSA) is 41.8 Å². The maximum absolute atomic E-state index is 13.0. The molecule has 0 aliphatic carbocycles. The number of fused-ring (bicyclic) bond motifs is 1. The molecule has 0 unspecified atom stereocenters. The molecule has 2 rings (SSSR count). The molecule has 1 atom stereocenters. The Morgan fingerprint density at radius 1 is 1.50 bits per heavy atom. The number of aromatic nitrogens is 1. The molecule has 0 saturated heterocycles. The van der Waals surface area contributed by atoms with Gasteiger partial charge in [-0.3, -0.25) is 0 Å². The van der Waals surface area contributed by atoms with E-state index in [2.05, 4.69) is 4.98 Å². The van der Waals surface area contributed by atoms with E-state index in [1.54, 1.807) is 12.1 Å². The number of nitrogens with one attached hydrogen (secondary N) is 1. The molecule has 0 spiro atoms. The quantitative estimate of drug-likeness (QED) is 0.752. The Hall–Kier alpha value is -1.35. The second kappa shape index (κ2) is 3.42. The van der Waals surface area contributed by atoms with E-state index in [4.69, 9.17) is 5.73 Å². The van der Waals surface area contributed by atoms with Crippen LogP contribution in [0.1, 0.15) is 12.5 Å². The van der Waals surface area contributed by atoms with Crippen LogP contribution in [0.5, 0.6) is 0 Å². The summed E-state index contributed by atoms with van der Waals surface area (Å²) in [6.07, 6.45) is 2.66. The van der Waals surface area contributed by atoms with Crippen molar-refractivity contribution < 1.29 is 4.39 Å². The number of nitrogens with two attached hydrogens (primary N) is 1. The van der Waals surface area contributed by atoms with Crippen molar-refractivity contribution in [2.24, 2.45) is 5.73 Å². The first-order valence-electron chi connectivity index (χ1n) is 4.68. The molecule has 0 radical (unpaired) electrons. The minimum absolute atomic E-state index is 0.0947. The van der Waals surface area contributed by atoms with Gasteiger partial charge in [-0.2, -0.15) is 0 Å². The maximum atomic E-state index is 13.0. The average Bonchev–Trinajstić information content (AvgIpc) is 2.47. The van der Waals surface area contributed by atoms with Gasteiger partial charge >= 0.3 is 0 Å². The molecule has 1 aromatic carbocycles. The van der Waals surface area contributed by atoms with Crippen LogP contribution in [0.2, 0.25) is 0 Å². The number of H-pyrrole nitrogens is 1. The normalized spacial score (nSPS) is 13.4. The van der Waals surface area contributed by atoms with E-state index in [1.165, 1.54) is 6.07 Å². The lowest BCUT2D eigenvalue weighted by atomic mass is 10.1. The molecule has 0 saturated carbocycles. The molecule has 2 nitrogen and oxygen atoms in total. The van der Waals surface area contributed by atoms with Crippen LogP contribution in [0.4, 0.5) is 4.39 Å². The summed E-state index contributed by atoms with van der Waals surface area (Å²) in [7, 11) is 0. The van der Waals surface area contributed by atoms with Crippen LogP contribution in [0.3, 0.4) is 0 Å². The zero-order valence-electron chi connectivity index (χ0n) is 8.05. The molecule has 0 fully saturated rings. The molecule has 3 N–H and O–H groups in total. The van der Waals surface area contributed by atoms with E-state index in [0.29, 0.717) is 0 Å². The Kier molecular flexibility index (Phi) is 2.25. The number of halogens is 1. The monoisotopic (exact) mass is 192 g/mol. The fourth-order valence-electron chi connectivity index (χ4n) is 1.67. The second-order valence-corrected chi connectivity index (χ2v) is 3.69. The highest BCUT2D eigenvalue weighted by molar-refractivity contribution is 5.83. The van der Waals surface area contributed by atoms with Crippen molar-refractivity contribution in [1.29, 1.82) is 0 Å². The molecule has 2 aromatic rings. The molecule has 1 aromatic heterocycles. The van der Waals surface area contributed by atoms with Crippen LogP contribution >= 0.6 is 0 Å². The third kappa shape index (κ3) is 1.63. The van der Waals surface area contributed by atoms with Crippen molar-refractivity contribution in [2.45, 2.75) is 19.4 Å². The SMILES string of the molecule is C[C@H](N)Cc1c[nH]c2ccc(F)cc12. The van der Waals surface area contributed by atoms with Gasteiger partial charge in [-0.25, -0.2) is 4.39 Å². The van der Waals surface area contributed by atoms with Crippen molar-refractivity contribution >= 4 is 10.9 Å². The zero-order chi connectivity index (χ0) is 10.1. The summed E-state index contributed by atoms with van der Waals surface area (Å²) in [4.78, 5) is 3.10. The van der Waals surface area contributed by atoms with E-state index in [-0.39, 0.29) is 11.9 Å². The van der Waals surface area contributed by atoms with E-state index >= 15 is 0 Å². The first-order chi connectivity index (χ1) is 6.66. The van der Waals surface area contributed by atoms with Gasteiger partial charge in [-0.05, 0) is 37.1 Å². The molecule has 3 heteroatoms. The zero-order valence-corrected chi connectivity index (χ0v) is 8.05. The lowest BCUT2D eigenvalue weighted by Gasteiger charge is -2.02. The van der Waals surface area contributed by atoms with Gasteiger partial charge in [0.05, 0.1) is 0 Å². The molecule has 0 aliphatic heterocycles. The van der Waals surface area contributed by atoms with Crippen molar-refractivity contribution in [3.63, 3.8) is 0 Å². The molecule has 74 valence electrons. The Morgan fingerprint density at radius 3 is 3.00 bits per heavy atom. The number of benzene rings is 1. The van der Waals surface area contributed by atoms with Crippen LogP contribution in [-0.2, 0) is 6.42 Å². The first kappa shape index (κ1) is 9.21. The number of hydrogen-bond acceptors (Lipinski definition) is 1. The summed E-state index contributed by atoms with van der Waals surface area (Å²) in [5, 5.41) is 0.933. The van der Waals surface area contributed by atoms with Gasteiger partial charge in [0.25, 0.3) is 0 Å². The number of hydrogen-bond donors (Lipinski definition) is 2. The van der Waals surface area contributed by atoms with E-state index in [1.807, 2.05) is 13.1 Å². The maximum Gasteiger partial charge on any atom is 0.123 e. The summed E-state index contributed by atoms with van der Waals surface area (Å²) in [5.74, 6) is -0.206. The van der Waals surface area contributed by atoms with Crippen LogP contribution in [0.15, 0.2) is 24.4 Å². The van der Waals surface area contributed by atoms with E-state index < -0.39 is 0 Å². The molecule has 0 bridgehead atoms. The van der Waals surface area contributed by atoms with Gasteiger partial charge in [0.15, 0.2) is 0 Å². The Balaban J connectivity index is 2.50. The van der Waals surface area contributed by atoms with Gasteiger partial charge in [-0.1, -0.05) is 0 Å². The van der Waals surface area contributed by atoms with Crippen LogP contribution in [-0.4, -0.2) is 11.0 Å². The van der Waals surface area contributed by atoms with Crippen molar-refractivity contribution in [2.75, 3.05) is 0 Å². The van der Waals surface area contributed by atoms with Crippen LogP contribution in [0, 0.1) is 5.82 Å². The third-order valence-electron chi connectivity index (χ3n) is 2.27. The fraction of sp³-hybridized carbons (Fsp3) is 0.273. The Bertz CT molecular complexity index is 445.